The van der Waals surface area contributed by atoms with Crippen molar-refractivity contribution < 1.29 is 5.11 Å². The molecule has 0 radical (unpaired) electrons. The van der Waals surface area contributed by atoms with Gasteiger partial charge in [0.05, 0.1) is 0 Å². The van der Waals surface area contributed by atoms with Crippen LogP contribution in [0.3, 0.4) is 0 Å². The van der Waals surface area contributed by atoms with Crippen LogP contribution in [0.5, 0.6) is 5.88 Å². The second-order valence-electron chi connectivity index (χ2n) is 5.80. The fraction of sp³-hybridized carbons (Fsp3) is 0.706. The van der Waals surface area contributed by atoms with E-state index in [1.807, 2.05) is 6.92 Å². The molecule has 0 aromatic carbocycles. The number of unbranched alkanes of at least 4 members (excludes halogenated alkanes) is 6. The van der Waals surface area contributed by atoms with E-state index in [9.17, 15) is 14.7 Å². The van der Waals surface area contributed by atoms with Gasteiger partial charge in [-0.05, 0) is 12.8 Å². The van der Waals surface area contributed by atoms with Gasteiger partial charge in [-0.3, -0.25) is 19.3 Å². The summed E-state index contributed by atoms with van der Waals surface area (Å²) in [6.07, 6.45) is 10.1. The van der Waals surface area contributed by atoms with Gasteiger partial charge < -0.3 is 5.11 Å². The highest BCUT2D eigenvalue weighted by Crippen LogP contribution is 2.09. The van der Waals surface area contributed by atoms with Gasteiger partial charge in [0.2, 0.25) is 5.88 Å². The lowest BCUT2D eigenvalue weighted by Crippen LogP contribution is -2.32. The molecule has 6 heteroatoms. The first-order chi connectivity index (χ1) is 11.1. The van der Waals surface area contributed by atoms with Gasteiger partial charge in [0.15, 0.2) is 0 Å². The topological polar surface area (TPSA) is 87.4 Å². The quantitative estimate of drug-likeness (QED) is 0.485. The number of aromatic amines is 1. The van der Waals surface area contributed by atoms with Gasteiger partial charge in [-0.2, -0.15) is 0 Å². The summed E-state index contributed by atoms with van der Waals surface area (Å²) in [7, 11) is 0. The number of rotatable bonds is 11. The average Bonchev–Trinajstić information content (AvgIpc) is 2.52. The zero-order valence-electron chi connectivity index (χ0n) is 14.3. The van der Waals surface area contributed by atoms with E-state index in [0.29, 0.717) is 13.1 Å². The standard InChI is InChI=1S/C17H29N3O3/c1-3-5-7-8-9-10-11-18-13-14-15(21)19-17(23)20(16(14)22)12-6-4-2/h13,22H,3-12H2,1-2H3,(H,19,21,23). The molecule has 1 heterocycles. The summed E-state index contributed by atoms with van der Waals surface area (Å²) in [4.78, 5) is 30.0. The van der Waals surface area contributed by atoms with Crippen molar-refractivity contribution in [2.75, 3.05) is 6.54 Å². The maximum atomic E-state index is 11.8. The van der Waals surface area contributed by atoms with Crippen LogP contribution in [0.1, 0.15) is 70.8 Å². The lowest BCUT2D eigenvalue weighted by Gasteiger charge is -2.08. The van der Waals surface area contributed by atoms with E-state index < -0.39 is 11.2 Å². The Morgan fingerprint density at radius 3 is 2.39 bits per heavy atom. The lowest BCUT2D eigenvalue weighted by molar-refractivity contribution is 0.394. The molecule has 130 valence electrons. The molecule has 1 rings (SSSR count). The number of nitrogens with one attached hydrogen (secondary N) is 1. The zero-order valence-corrected chi connectivity index (χ0v) is 14.3. The SMILES string of the molecule is CCCCCCCCN=Cc1c(O)n(CCCC)c(=O)[nH]c1=O. The van der Waals surface area contributed by atoms with Crippen molar-refractivity contribution in [2.24, 2.45) is 4.99 Å². The summed E-state index contributed by atoms with van der Waals surface area (Å²) >= 11 is 0. The molecule has 2 N–H and O–H groups in total. The van der Waals surface area contributed by atoms with Crippen molar-refractivity contribution in [2.45, 2.75) is 71.8 Å². The first kappa shape index (κ1) is 19.2. The van der Waals surface area contributed by atoms with Crippen molar-refractivity contribution in [3.05, 3.63) is 26.4 Å². The Labute approximate surface area is 137 Å². The van der Waals surface area contributed by atoms with E-state index in [-0.39, 0.29) is 11.4 Å². The van der Waals surface area contributed by atoms with Crippen molar-refractivity contribution >= 4 is 6.21 Å². The van der Waals surface area contributed by atoms with Crippen LogP contribution in [0.4, 0.5) is 0 Å². The van der Waals surface area contributed by atoms with Gasteiger partial charge in [0.25, 0.3) is 5.56 Å². The second kappa shape index (κ2) is 10.8. The van der Waals surface area contributed by atoms with Crippen LogP contribution in [0.15, 0.2) is 14.6 Å². The van der Waals surface area contributed by atoms with E-state index in [0.717, 1.165) is 25.7 Å². The van der Waals surface area contributed by atoms with Crippen LogP contribution in [0.25, 0.3) is 0 Å². The Kier molecular flexibility index (Phi) is 9.02. The van der Waals surface area contributed by atoms with Gasteiger partial charge in [-0.1, -0.05) is 52.4 Å². The largest absolute Gasteiger partial charge is 0.494 e. The Morgan fingerprint density at radius 1 is 1.04 bits per heavy atom. The van der Waals surface area contributed by atoms with E-state index in [1.54, 1.807) is 0 Å². The molecule has 0 spiro atoms. The molecule has 0 bridgehead atoms. The predicted octanol–water partition coefficient (Wildman–Crippen LogP) is 2.82. The van der Waals surface area contributed by atoms with Crippen molar-refractivity contribution in [3.63, 3.8) is 0 Å². The maximum Gasteiger partial charge on any atom is 0.331 e. The minimum Gasteiger partial charge on any atom is -0.494 e. The third kappa shape index (κ3) is 6.42. The molecule has 6 nitrogen and oxygen atoms in total. The molecule has 1 aromatic heterocycles. The van der Waals surface area contributed by atoms with E-state index in [4.69, 9.17) is 0 Å². The van der Waals surface area contributed by atoms with E-state index >= 15 is 0 Å². The molecule has 0 unspecified atom stereocenters. The Bertz CT molecular complexity index is 602. The number of hydrogen-bond acceptors (Lipinski definition) is 4. The summed E-state index contributed by atoms with van der Waals surface area (Å²) < 4.78 is 1.19. The van der Waals surface area contributed by atoms with Crippen LogP contribution >= 0.6 is 0 Å². The van der Waals surface area contributed by atoms with Crippen molar-refractivity contribution in [1.82, 2.24) is 9.55 Å². The van der Waals surface area contributed by atoms with Gasteiger partial charge in [0, 0.05) is 19.3 Å². The fourth-order valence-electron chi connectivity index (χ4n) is 2.35. The molecule has 1 aromatic rings. The number of H-pyrrole nitrogens is 1. The lowest BCUT2D eigenvalue weighted by atomic mass is 10.1. The van der Waals surface area contributed by atoms with Gasteiger partial charge in [0.1, 0.15) is 5.56 Å². The summed E-state index contributed by atoms with van der Waals surface area (Å²) in [5.74, 6) is -0.293. The van der Waals surface area contributed by atoms with Crippen LogP contribution in [0, 0.1) is 0 Å². The molecule has 0 amide bonds. The molecule has 0 saturated carbocycles. The van der Waals surface area contributed by atoms with E-state index in [2.05, 4.69) is 16.9 Å². The highest BCUT2D eigenvalue weighted by molar-refractivity contribution is 5.81. The fourth-order valence-corrected chi connectivity index (χ4v) is 2.35. The number of nitrogens with zero attached hydrogens (tertiary/aromatic N) is 2. The molecule has 0 atom stereocenters. The summed E-state index contributed by atoms with van der Waals surface area (Å²) in [5, 5.41) is 10.1. The molecular formula is C17H29N3O3. The van der Waals surface area contributed by atoms with Crippen LogP contribution in [0.2, 0.25) is 0 Å². The van der Waals surface area contributed by atoms with Crippen LogP contribution < -0.4 is 11.2 Å². The normalized spacial score (nSPS) is 11.4. The maximum absolute atomic E-state index is 11.8. The Morgan fingerprint density at radius 2 is 1.70 bits per heavy atom. The minimum atomic E-state index is -0.591. The zero-order chi connectivity index (χ0) is 17.1. The third-order valence-corrected chi connectivity index (χ3v) is 3.80. The van der Waals surface area contributed by atoms with Gasteiger partial charge in [-0.15, -0.1) is 0 Å². The van der Waals surface area contributed by atoms with Gasteiger partial charge in [-0.25, -0.2) is 4.79 Å². The van der Waals surface area contributed by atoms with Crippen LogP contribution in [-0.4, -0.2) is 27.4 Å². The monoisotopic (exact) mass is 323 g/mol. The molecular weight excluding hydrogens is 294 g/mol. The Balaban J connectivity index is 2.63. The Hall–Kier alpha value is -1.85. The third-order valence-electron chi connectivity index (χ3n) is 3.80. The second-order valence-corrected chi connectivity index (χ2v) is 5.80. The molecule has 0 aliphatic rings. The molecule has 0 saturated heterocycles. The molecule has 0 fully saturated rings. The smallest absolute Gasteiger partial charge is 0.331 e. The molecule has 23 heavy (non-hydrogen) atoms. The summed E-state index contributed by atoms with van der Waals surface area (Å²) in [5.41, 5.74) is -1.10. The summed E-state index contributed by atoms with van der Waals surface area (Å²) in [6, 6.07) is 0. The van der Waals surface area contributed by atoms with Gasteiger partial charge >= 0.3 is 5.69 Å². The predicted molar refractivity (Wildman–Crippen MR) is 93.7 cm³/mol. The highest BCUT2D eigenvalue weighted by Gasteiger charge is 2.11. The van der Waals surface area contributed by atoms with Crippen molar-refractivity contribution in [3.8, 4) is 5.88 Å². The first-order valence-electron chi connectivity index (χ1n) is 8.67. The number of aromatic hydroxyl groups is 1. The average molecular weight is 323 g/mol. The highest BCUT2D eigenvalue weighted by atomic mass is 16.3. The van der Waals surface area contributed by atoms with E-state index in [1.165, 1.54) is 36.5 Å². The number of hydrogen-bond donors (Lipinski definition) is 2. The number of aromatic nitrogens is 2. The first-order valence-corrected chi connectivity index (χ1v) is 8.67. The molecule has 0 aliphatic heterocycles. The van der Waals surface area contributed by atoms with Crippen molar-refractivity contribution in [1.29, 1.82) is 0 Å². The summed E-state index contributed by atoms with van der Waals surface area (Å²) in [6.45, 7) is 5.19. The molecule has 0 aliphatic carbocycles. The number of aliphatic imine (C=N–C) groups is 1. The minimum absolute atomic E-state index is 0.0617. The van der Waals surface area contributed by atoms with Crippen LogP contribution in [-0.2, 0) is 6.54 Å².